The van der Waals surface area contributed by atoms with Gasteiger partial charge < -0.3 is 0 Å². The van der Waals surface area contributed by atoms with Gasteiger partial charge in [0, 0.05) is 39.9 Å². The zero-order valence-corrected chi connectivity index (χ0v) is 15.0. The zero-order chi connectivity index (χ0) is 16.1. The summed E-state index contributed by atoms with van der Waals surface area (Å²) in [5.74, 6) is 0. The van der Waals surface area contributed by atoms with Gasteiger partial charge in [-0.15, -0.1) is 11.3 Å². The molecule has 0 spiro atoms. The Morgan fingerprint density at radius 2 is 2.22 bits per heavy atom. The van der Waals surface area contributed by atoms with Crippen LogP contribution in [0.2, 0.25) is 0 Å². The molecule has 0 N–H and O–H groups in total. The lowest BCUT2D eigenvalue weighted by molar-refractivity contribution is 0.833. The first-order chi connectivity index (χ1) is 11.3. The van der Waals surface area contributed by atoms with Crippen molar-refractivity contribution in [2.75, 3.05) is 6.54 Å². The Hall–Kier alpha value is -2.05. The van der Waals surface area contributed by atoms with Crippen LogP contribution in [0.1, 0.15) is 12.5 Å². The van der Waals surface area contributed by atoms with Gasteiger partial charge in [-0.05, 0) is 25.1 Å². The molecule has 0 aliphatic rings. The minimum atomic E-state index is 0.723. The van der Waals surface area contributed by atoms with Crippen molar-refractivity contribution >= 4 is 33.5 Å². The summed E-state index contributed by atoms with van der Waals surface area (Å²) in [6, 6.07) is 12.0. The van der Waals surface area contributed by atoms with Gasteiger partial charge in [0.15, 0.2) is 0 Å². The van der Waals surface area contributed by atoms with E-state index in [9.17, 15) is 0 Å². The molecule has 3 aromatic rings. The van der Waals surface area contributed by atoms with Crippen LogP contribution in [0.4, 0.5) is 0 Å². The molecule has 4 nitrogen and oxygen atoms in total. The van der Waals surface area contributed by atoms with Gasteiger partial charge in [-0.1, -0.05) is 34.1 Å². The second kappa shape index (κ2) is 7.48. The summed E-state index contributed by atoms with van der Waals surface area (Å²) in [7, 11) is 0. The smallest absolute Gasteiger partial charge is 0.206 e. The number of halogens is 1. The number of nitrogens with zero attached hydrogens (tertiary/aromatic N) is 4. The SMILES string of the molecule is CCN=c1scc(-c2cccc(Br)c2)n1/N=C/c1cccnc1. The summed E-state index contributed by atoms with van der Waals surface area (Å²) in [5, 5.41) is 6.69. The largest absolute Gasteiger partial charge is 0.264 e. The lowest BCUT2D eigenvalue weighted by Gasteiger charge is -2.04. The van der Waals surface area contributed by atoms with Gasteiger partial charge in [0.25, 0.3) is 0 Å². The van der Waals surface area contributed by atoms with E-state index < -0.39 is 0 Å². The second-order valence-electron chi connectivity index (χ2n) is 4.73. The molecular formula is C17H15BrN4S. The maximum Gasteiger partial charge on any atom is 0.206 e. The van der Waals surface area contributed by atoms with E-state index in [0.29, 0.717) is 0 Å². The standard InChI is InChI=1S/C17H15BrN4S/c1-2-20-17-22(21-11-13-5-4-8-19-10-13)16(12-23-17)14-6-3-7-15(18)9-14/h3-12H,2H2,1H3/b20-17?,21-11+. The number of benzene rings is 1. The topological polar surface area (TPSA) is 42.5 Å². The van der Waals surface area contributed by atoms with Crippen LogP contribution in [0.5, 0.6) is 0 Å². The Morgan fingerprint density at radius 3 is 2.96 bits per heavy atom. The summed E-state index contributed by atoms with van der Waals surface area (Å²) in [4.78, 5) is 9.51. The molecule has 0 fully saturated rings. The summed E-state index contributed by atoms with van der Waals surface area (Å²) in [6.07, 6.45) is 5.33. The van der Waals surface area contributed by atoms with Gasteiger partial charge in [-0.2, -0.15) is 5.10 Å². The summed E-state index contributed by atoms with van der Waals surface area (Å²) in [5.41, 5.74) is 3.06. The molecular weight excluding hydrogens is 372 g/mol. The van der Waals surface area contributed by atoms with Crippen LogP contribution in [0.15, 0.2) is 68.7 Å². The summed E-state index contributed by atoms with van der Waals surface area (Å²) in [6.45, 7) is 2.74. The molecule has 0 saturated heterocycles. The van der Waals surface area contributed by atoms with Gasteiger partial charge in [0.1, 0.15) is 0 Å². The summed E-state index contributed by atoms with van der Waals surface area (Å²) >= 11 is 5.11. The van der Waals surface area contributed by atoms with Crippen LogP contribution >= 0.6 is 27.3 Å². The Balaban J connectivity index is 2.08. The number of thiazole rings is 1. The fraction of sp³-hybridized carbons (Fsp3) is 0.118. The predicted molar refractivity (Wildman–Crippen MR) is 98.8 cm³/mol. The van der Waals surface area contributed by atoms with Crippen molar-refractivity contribution < 1.29 is 0 Å². The van der Waals surface area contributed by atoms with Gasteiger partial charge in [-0.3, -0.25) is 9.98 Å². The third-order valence-electron chi connectivity index (χ3n) is 3.11. The molecule has 0 aliphatic carbocycles. The third kappa shape index (κ3) is 3.83. The van der Waals surface area contributed by atoms with Crippen molar-refractivity contribution in [1.82, 2.24) is 9.66 Å². The van der Waals surface area contributed by atoms with Crippen LogP contribution in [0.25, 0.3) is 11.3 Å². The first kappa shape index (κ1) is 15.8. The number of rotatable bonds is 4. The van der Waals surface area contributed by atoms with Gasteiger partial charge in [0.05, 0.1) is 11.9 Å². The molecule has 0 amide bonds. The maximum absolute atomic E-state index is 4.61. The van der Waals surface area contributed by atoms with Crippen LogP contribution in [0.3, 0.4) is 0 Å². The Morgan fingerprint density at radius 1 is 1.30 bits per heavy atom. The average molecular weight is 387 g/mol. The molecule has 1 aromatic carbocycles. The molecule has 2 heterocycles. The van der Waals surface area contributed by atoms with E-state index in [1.54, 1.807) is 29.9 Å². The van der Waals surface area contributed by atoms with Gasteiger partial charge in [0.2, 0.25) is 4.80 Å². The normalized spacial score (nSPS) is 12.2. The minimum Gasteiger partial charge on any atom is -0.264 e. The number of aromatic nitrogens is 2. The van der Waals surface area contributed by atoms with Crippen molar-refractivity contribution in [3.05, 3.63) is 69.0 Å². The van der Waals surface area contributed by atoms with E-state index in [1.165, 1.54) is 0 Å². The van der Waals surface area contributed by atoms with Gasteiger partial charge in [-0.25, -0.2) is 4.68 Å². The van der Waals surface area contributed by atoms with Crippen molar-refractivity contribution in [1.29, 1.82) is 0 Å². The second-order valence-corrected chi connectivity index (χ2v) is 6.48. The molecule has 0 bridgehead atoms. The lowest BCUT2D eigenvalue weighted by Crippen LogP contribution is -2.12. The average Bonchev–Trinajstić information content (AvgIpc) is 2.97. The minimum absolute atomic E-state index is 0.723. The van der Waals surface area contributed by atoms with Crippen molar-refractivity contribution in [3.63, 3.8) is 0 Å². The highest BCUT2D eigenvalue weighted by Crippen LogP contribution is 2.23. The first-order valence-corrected chi connectivity index (χ1v) is 8.86. The van der Waals surface area contributed by atoms with Crippen LogP contribution < -0.4 is 4.80 Å². The molecule has 0 atom stereocenters. The first-order valence-electron chi connectivity index (χ1n) is 7.19. The predicted octanol–water partition coefficient (Wildman–Crippen LogP) is 4.18. The Kier molecular flexibility index (Phi) is 5.15. The molecule has 116 valence electrons. The molecule has 2 aromatic heterocycles. The van der Waals surface area contributed by atoms with Crippen LogP contribution in [-0.4, -0.2) is 22.4 Å². The van der Waals surface area contributed by atoms with E-state index in [0.717, 1.165) is 32.6 Å². The van der Waals surface area contributed by atoms with E-state index in [4.69, 9.17) is 0 Å². The highest BCUT2D eigenvalue weighted by Gasteiger charge is 2.07. The lowest BCUT2D eigenvalue weighted by atomic mass is 10.2. The monoisotopic (exact) mass is 386 g/mol. The maximum atomic E-state index is 4.61. The number of hydrogen-bond donors (Lipinski definition) is 0. The Labute approximate surface area is 147 Å². The summed E-state index contributed by atoms with van der Waals surface area (Å²) < 4.78 is 2.92. The van der Waals surface area contributed by atoms with Crippen molar-refractivity contribution in [2.45, 2.75) is 6.92 Å². The van der Waals surface area contributed by atoms with Crippen LogP contribution in [-0.2, 0) is 0 Å². The van der Waals surface area contributed by atoms with Crippen molar-refractivity contribution in [2.24, 2.45) is 10.1 Å². The van der Waals surface area contributed by atoms with Crippen molar-refractivity contribution in [3.8, 4) is 11.3 Å². The van der Waals surface area contributed by atoms with Crippen LogP contribution in [0, 0.1) is 0 Å². The highest BCUT2D eigenvalue weighted by atomic mass is 79.9. The molecule has 0 unspecified atom stereocenters. The highest BCUT2D eigenvalue weighted by molar-refractivity contribution is 9.10. The quantitative estimate of drug-likeness (QED) is 0.620. The molecule has 0 aliphatic heterocycles. The fourth-order valence-corrected chi connectivity index (χ4v) is 3.38. The van der Waals surface area contributed by atoms with Gasteiger partial charge >= 0.3 is 0 Å². The fourth-order valence-electron chi connectivity index (χ4n) is 2.08. The zero-order valence-electron chi connectivity index (χ0n) is 12.6. The van der Waals surface area contributed by atoms with E-state index in [2.05, 4.69) is 48.5 Å². The Bertz CT molecular complexity index is 881. The molecule has 0 radical (unpaired) electrons. The molecule has 6 heteroatoms. The van der Waals surface area contributed by atoms with E-state index >= 15 is 0 Å². The number of pyridine rings is 1. The molecule has 0 saturated carbocycles. The number of hydrogen-bond acceptors (Lipinski definition) is 4. The molecule has 23 heavy (non-hydrogen) atoms. The van der Waals surface area contributed by atoms with E-state index in [1.807, 2.05) is 35.9 Å². The van der Waals surface area contributed by atoms with E-state index in [-0.39, 0.29) is 0 Å². The third-order valence-corrected chi connectivity index (χ3v) is 4.45. The molecule has 3 rings (SSSR count).